The lowest BCUT2D eigenvalue weighted by molar-refractivity contribution is -0.116. The molecule has 3 rings (SSSR count). The first-order valence-electron chi connectivity index (χ1n) is 6.93. The summed E-state index contributed by atoms with van der Waals surface area (Å²) in [5.74, 6) is -0.182. The van der Waals surface area contributed by atoms with Crippen LogP contribution in [0, 0.1) is 5.82 Å². The highest BCUT2D eigenvalue weighted by Gasteiger charge is 2.17. The number of anilines is 1. The Morgan fingerprint density at radius 3 is 2.67 bits per heavy atom. The van der Waals surface area contributed by atoms with Crippen LogP contribution in [0.2, 0.25) is 0 Å². The number of fused-ring (bicyclic) bond motifs is 1. The number of nitrogens with one attached hydrogen (secondary N) is 1. The maximum Gasteiger partial charge on any atom is 0.224 e. The van der Waals surface area contributed by atoms with Crippen LogP contribution < -0.4 is 5.32 Å². The Labute approximate surface area is 127 Å². The quantitative estimate of drug-likeness (QED) is 0.845. The molecule has 0 bridgehead atoms. The second-order valence-electron chi connectivity index (χ2n) is 5.26. The van der Waals surface area contributed by atoms with Gasteiger partial charge in [-0.15, -0.1) is 11.6 Å². The zero-order chi connectivity index (χ0) is 14.8. The summed E-state index contributed by atoms with van der Waals surface area (Å²) in [6.07, 6.45) is 1.91. The number of rotatable bonds is 3. The average Bonchev–Trinajstić information content (AvgIpc) is 2.49. The van der Waals surface area contributed by atoms with Crippen molar-refractivity contribution in [3.05, 3.63) is 65.0 Å². The third-order valence-corrected chi connectivity index (χ3v) is 4.12. The summed E-state index contributed by atoms with van der Waals surface area (Å²) in [7, 11) is 0. The van der Waals surface area contributed by atoms with E-state index in [1.807, 2.05) is 12.1 Å². The molecular formula is C17H15ClFNO. The van der Waals surface area contributed by atoms with E-state index in [9.17, 15) is 9.18 Å². The molecule has 0 aromatic heterocycles. The first kappa shape index (κ1) is 14.1. The number of aryl methyl sites for hydroxylation is 1. The zero-order valence-electron chi connectivity index (χ0n) is 11.4. The molecule has 1 aliphatic heterocycles. The SMILES string of the molecule is O=C1CCc2cc(C(Cl)Cc3ccc(F)cc3)ccc2N1. The number of carbonyl (C=O) groups excluding carboxylic acids is 1. The molecule has 4 heteroatoms. The average molecular weight is 304 g/mol. The monoisotopic (exact) mass is 303 g/mol. The molecule has 0 fully saturated rings. The molecule has 1 atom stereocenters. The highest BCUT2D eigenvalue weighted by molar-refractivity contribution is 6.21. The van der Waals surface area contributed by atoms with Gasteiger partial charge in [0.15, 0.2) is 0 Å². The van der Waals surface area contributed by atoms with Crippen LogP contribution in [0.3, 0.4) is 0 Å². The van der Waals surface area contributed by atoms with Crippen molar-refractivity contribution < 1.29 is 9.18 Å². The van der Waals surface area contributed by atoms with E-state index in [4.69, 9.17) is 11.6 Å². The molecule has 0 saturated carbocycles. The summed E-state index contributed by atoms with van der Waals surface area (Å²) in [4.78, 5) is 11.3. The topological polar surface area (TPSA) is 29.1 Å². The van der Waals surface area contributed by atoms with E-state index >= 15 is 0 Å². The molecule has 0 saturated heterocycles. The number of hydrogen-bond donors (Lipinski definition) is 1. The Hall–Kier alpha value is -1.87. The van der Waals surface area contributed by atoms with Crippen LogP contribution in [0.25, 0.3) is 0 Å². The van der Waals surface area contributed by atoms with Gasteiger partial charge in [-0.1, -0.05) is 24.3 Å². The minimum Gasteiger partial charge on any atom is -0.326 e. The molecular weight excluding hydrogens is 289 g/mol. The lowest BCUT2D eigenvalue weighted by Gasteiger charge is -2.19. The second kappa shape index (κ2) is 5.86. The molecule has 0 aliphatic carbocycles. The van der Waals surface area contributed by atoms with Crippen LogP contribution >= 0.6 is 11.6 Å². The summed E-state index contributed by atoms with van der Waals surface area (Å²) in [5, 5.41) is 2.69. The van der Waals surface area contributed by atoms with E-state index in [0.717, 1.165) is 28.8 Å². The molecule has 1 amide bonds. The molecule has 0 radical (unpaired) electrons. The first-order chi connectivity index (χ1) is 10.1. The summed E-state index contributed by atoms with van der Waals surface area (Å²) < 4.78 is 12.9. The van der Waals surface area contributed by atoms with Crippen LogP contribution in [0.5, 0.6) is 0 Å². The molecule has 1 aliphatic rings. The lowest BCUT2D eigenvalue weighted by atomic mass is 9.97. The molecule has 1 N–H and O–H groups in total. The molecule has 1 heterocycles. The van der Waals surface area contributed by atoms with Gasteiger partial charge in [0.25, 0.3) is 0 Å². The van der Waals surface area contributed by atoms with E-state index in [-0.39, 0.29) is 17.1 Å². The largest absolute Gasteiger partial charge is 0.326 e. The van der Waals surface area contributed by atoms with Crippen LogP contribution in [0.4, 0.5) is 10.1 Å². The first-order valence-corrected chi connectivity index (χ1v) is 7.36. The van der Waals surface area contributed by atoms with Gasteiger partial charge in [-0.3, -0.25) is 4.79 Å². The van der Waals surface area contributed by atoms with Gasteiger partial charge >= 0.3 is 0 Å². The van der Waals surface area contributed by atoms with Crippen LogP contribution in [-0.4, -0.2) is 5.91 Å². The fraction of sp³-hybridized carbons (Fsp3) is 0.235. The molecule has 2 nitrogen and oxygen atoms in total. The Morgan fingerprint density at radius 1 is 1.14 bits per heavy atom. The van der Waals surface area contributed by atoms with Crippen molar-refractivity contribution in [2.24, 2.45) is 0 Å². The third kappa shape index (κ3) is 3.24. The van der Waals surface area contributed by atoms with Gasteiger partial charge in [-0.2, -0.15) is 0 Å². The maximum absolute atomic E-state index is 12.9. The Morgan fingerprint density at radius 2 is 1.90 bits per heavy atom. The van der Waals surface area contributed by atoms with Gasteiger partial charge in [-0.25, -0.2) is 4.39 Å². The van der Waals surface area contributed by atoms with Crippen molar-refractivity contribution in [1.82, 2.24) is 0 Å². The minimum absolute atomic E-state index is 0.0592. The molecule has 21 heavy (non-hydrogen) atoms. The van der Waals surface area contributed by atoms with Crippen molar-refractivity contribution in [2.75, 3.05) is 5.32 Å². The van der Waals surface area contributed by atoms with Gasteiger partial charge in [0, 0.05) is 12.1 Å². The normalized spacial score (nSPS) is 15.2. The highest BCUT2D eigenvalue weighted by atomic mass is 35.5. The lowest BCUT2D eigenvalue weighted by Crippen LogP contribution is -2.19. The van der Waals surface area contributed by atoms with Crippen molar-refractivity contribution in [3.8, 4) is 0 Å². The van der Waals surface area contributed by atoms with Crippen molar-refractivity contribution >= 4 is 23.2 Å². The smallest absolute Gasteiger partial charge is 0.224 e. The summed E-state index contributed by atoms with van der Waals surface area (Å²) >= 11 is 6.47. The van der Waals surface area contributed by atoms with Crippen LogP contribution in [0.15, 0.2) is 42.5 Å². The molecule has 1 unspecified atom stereocenters. The van der Waals surface area contributed by atoms with Gasteiger partial charge in [0.2, 0.25) is 5.91 Å². The van der Waals surface area contributed by atoms with E-state index < -0.39 is 0 Å². The number of alkyl halides is 1. The number of benzene rings is 2. The standard InChI is InChI=1S/C17H15ClFNO/c18-15(9-11-1-5-14(19)6-2-11)12-3-7-16-13(10-12)4-8-17(21)20-16/h1-3,5-7,10,15H,4,8-9H2,(H,20,21). The molecule has 108 valence electrons. The second-order valence-corrected chi connectivity index (χ2v) is 5.79. The van der Waals surface area contributed by atoms with E-state index in [1.165, 1.54) is 12.1 Å². The Bertz CT molecular complexity index is 669. The van der Waals surface area contributed by atoms with Crippen molar-refractivity contribution in [1.29, 1.82) is 0 Å². The maximum atomic E-state index is 12.9. The fourth-order valence-corrected chi connectivity index (χ4v) is 2.86. The minimum atomic E-state index is -0.241. The molecule has 0 spiro atoms. The van der Waals surface area contributed by atoms with E-state index in [2.05, 4.69) is 11.4 Å². The van der Waals surface area contributed by atoms with Gasteiger partial charge in [0.05, 0.1) is 5.38 Å². The third-order valence-electron chi connectivity index (χ3n) is 3.71. The summed E-state index contributed by atoms with van der Waals surface area (Å²) in [6, 6.07) is 12.3. The van der Waals surface area contributed by atoms with E-state index in [0.29, 0.717) is 12.8 Å². The summed E-state index contributed by atoms with van der Waals surface area (Å²) in [5.41, 5.74) is 4.02. The van der Waals surface area contributed by atoms with Gasteiger partial charge < -0.3 is 5.32 Å². The van der Waals surface area contributed by atoms with Crippen molar-refractivity contribution in [2.45, 2.75) is 24.6 Å². The van der Waals surface area contributed by atoms with Crippen LogP contribution in [0.1, 0.15) is 28.5 Å². The van der Waals surface area contributed by atoms with E-state index in [1.54, 1.807) is 12.1 Å². The zero-order valence-corrected chi connectivity index (χ0v) is 12.2. The number of halogens is 2. The molecule has 2 aromatic carbocycles. The Kier molecular flexibility index (Phi) is 3.93. The van der Waals surface area contributed by atoms with Crippen molar-refractivity contribution in [3.63, 3.8) is 0 Å². The number of amides is 1. The molecule has 2 aromatic rings. The fourth-order valence-electron chi connectivity index (χ4n) is 2.54. The summed E-state index contributed by atoms with van der Waals surface area (Å²) in [6.45, 7) is 0. The van der Waals surface area contributed by atoms with Crippen LogP contribution in [-0.2, 0) is 17.6 Å². The number of carbonyl (C=O) groups is 1. The Balaban J connectivity index is 1.77. The highest BCUT2D eigenvalue weighted by Crippen LogP contribution is 2.30. The predicted octanol–water partition coefficient (Wildman–Crippen LogP) is 4.23. The number of hydrogen-bond acceptors (Lipinski definition) is 1. The van der Waals surface area contributed by atoms with Gasteiger partial charge in [-0.05, 0) is 47.7 Å². The predicted molar refractivity (Wildman–Crippen MR) is 82.1 cm³/mol. The van der Waals surface area contributed by atoms with Gasteiger partial charge in [0.1, 0.15) is 5.82 Å².